The van der Waals surface area contributed by atoms with Crippen molar-refractivity contribution in [1.29, 1.82) is 0 Å². The molecule has 2 radical (unpaired) electrons. The summed E-state index contributed by atoms with van der Waals surface area (Å²) in [4.78, 5) is 4.59. The zero-order chi connectivity index (χ0) is 16.1. The summed E-state index contributed by atoms with van der Waals surface area (Å²) >= 11 is 0. The lowest BCUT2D eigenvalue weighted by Crippen LogP contribution is -2.19. The van der Waals surface area contributed by atoms with E-state index < -0.39 is 0 Å². The average Bonchev–Trinajstić information content (AvgIpc) is 3.03. The summed E-state index contributed by atoms with van der Waals surface area (Å²) in [6, 6.07) is 17.9. The van der Waals surface area contributed by atoms with Crippen LogP contribution >= 0.6 is 0 Å². The molecule has 0 saturated carbocycles. The van der Waals surface area contributed by atoms with E-state index in [9.17, 15) is 0 Å². The first kappa shape index (κ1) is 16.2. The number of rotatable bonds is 6. The molecule has 2 aromatic rings. The minimum Gasteiger partial charge on any atom is -0.274 e. The highest BCUT2D eigenvalue weighted by atomic mass is 15.4. The van der Waals surface area contributed by atoms with Gasteiger partial charge in [0.05, 0.1) is 0 Å². The lowest BCUT2D eigenvalue weighted by Gasteiger charge is -2.16. The second-order valence-corrected chi connectivity index (χ2v) is 6.28. The molecular formula is C21H26N2. The van der Waals surface area contributed by atoms with Crippen LogP contribution in [0.2, 0.25) is 0 Å². The Morgan fingerprint density at radius 3 is 1.35 bits per heavy atom. The van der Waals surface area contributed by atoms with Crippen LogP contribution in [0.15, 0.2) is 48.5 Å². The van der Waals surface area contributed by atoms with Crippen LogP contribution in [0.3, 0.4) is 0 Å². The molecule has 2 aromatic carbocycles. The number of benzene rings is 2. The van der Waals surface area contributed by atoms with Gasteiger partial charge in [-0.15, -0.1) is 0 Å². The summed E-state index contributed by atoms with van der Waals surface area (Å²) in [7, 11) is 0. The van der Waals surface area contributed by atoms with Crippen molar-refractivity contribution in [1.82, 2.24) is 9.80 Å². The van der Waals surface area contributed by atoms with Gasteiger partial charge in [0.15, 0.2) is 0 Å². The Morgan fingerprint density at radius 2 is 1.00 bits per heavy atom. The fourth-order valence-electron chi connectivity index (χ4n) is 2.97. The molecule has 3 rings (SSSR count). The van der Waals surface area contributed by atoms with E-state index in [0.717, 1.165) is 39.0 Å². The summed E-state index contributed by atoms with van der Waals surface area (Å²) in [5.41, 5.74) is 5.54. The number of aryl methyl sites for hydroxylation is 2. The fourth-order valence-corrected chi connectivity index (χ4v) is 2.97. The van der Waals surface area contributed by atoms with Gasteiger partial charge in [-0.25, -0.2) is 0 Å². The molecule has 2 heteroatoms. The Balaban J connectivity index is 1.51. The van der Waals surface area contributed by atoms with E-state index in [4.69, 9.17) is 0 Å². The predicted molar refractivity (Wildman–Crippen MR) is 95.7 cm³/mol. The monoisotopic (exact) mass is 306 g/mol. The van der Waals surface area contributed by atoms with Gasteiger partial charge in [-0.1, -0.05) is 62.4 Å². The number of nitrogens with zero attached hydrogens (tertiary/aromatic N) is 2. The van der Waals surface area contributed by atoms with Gasteiger partial charge in [0.25, 0.3) is 0 Å². The molecule has 2 nitrogen and oxygen atoms in total. The summed E-state index contributed by atoms with van der Waals surface area (Å²) < 4.78 is 0. The largest absolute Gasteiger partial charge is 0.274 e. The minimum absolute atomic E-state index is 0.954. The second-order valence-electron chi connectivity index (χ2n) is 6.28. The van der Waals surface area contributed by atoms with Crippen LogP contribution in [0.4, 0.5) is 0 Å². The molecule has 120 valence electrons. The van der Waals surface area contributed by atoms with E-state index in [0.29, 0.717) is 0 Å². The van der Waals surface area contributed by atoms with Gasteiger partial charge in [-0.05, 0) is 35.1 Å². The van der Waals surface area contributed by atoms with Crippen molar-refractivity contribution < 1.29 is 0 Å². The predicted octanol–water partition coefficient (Wildman–Crippen LogP) is 4.13. The Kier molecular flexibility index (Phi) is 5.47. The molecule has 0 N–H and O–H groups in total. The lowest BCUT2D eigenvalue weighted by molar-refractivity contribution is 0.313. The van der Waals surface area contributed by atoms with Crippen molar-refractivity contribution in [3.05, 3.63) is 77.5 Å². The van der Waals surface area contributed by atoms with Gasteiger partial charge in [-0.3, -0.25) is 9.80 Å². The number of hydrogen-bond donors (Lipinski definition) is 0. The zero-order valence-corrected chi connectivity index (χ0v) is 14.3. The Morgan fingerprint density at radius 1 is 0.652 bits per heavy atom. The highest BCUT2D eigenvalue weighted by molar-refractivity contribution is 5.24. The van der Waals surface area contributed by atoms with Crippen LogP contribution in [0.25, 0.3) is 0 Å². The standard InChI is InChI=1S/C21H26N2/c1-3-18-5-9-20(10-6-18)15-22-13-14-23(17-22)16-21-11-7-19(4-2)8-12-21/h5-12H,3-4,13-16H2,1-2H3. The van der Waals surface area contributed by atoms with Crippen molar-refractivity contribution in [2.45, 2.75) is 39.8 Å². The first-order valence-electron chi connectivity index (χ1n) is 8.68. The molecular weight excluding hydrogens is 280 g/mol. The normalized spacial score (nSPS) is 16.1. The molecule has 0 atom stereocenters. The quantitative estimate of drug-likeness (QED) is 0.792. The highest BCUT2D eigenvalue weighted by Crippen LogP contribution is 2.18. The van der Waals surface area contributed by atoms with Crippen LogP contribution in [0.1, 0.15) is 36.1 Å². The van der Waals surface area contributed by atoms with E-state index in [1.807, 2.05) is 0 Å². The summed E-state index contributed by atoms with van der Waals surface area (Å²) in [5, 5.41) is 0. The molecule has 0 amide bonds. The third-order valence-corrected chi connectivity index (χ3v) is 4.53. The van der Waals surface area contributed by atoms with Gasteiger partial charge in [0, 0.05) is 26.2 Å². The molecule has 0 spiro atoms. The summed E-state index contributed by atoms with van der Waals surface area (Å²) in [6.45, 7) is 11.9. The van der Waals surface area contributed by atoms with Crippen molar-refractivity contribution in [2.75, 3.05) is 13.1 Å². The maximum absolute atomic E-state index is 3.51. The minimum atomic E-state index is 0.954. The van der Waals surface area contributed by atoms with Crippen LogP contribution in [-0.2, 0) is 25.9 Å². The lowest BCUT2D eigenvalue weighted by atomic mass is 10.1. The van der Waals surface area contributed by atoms with Crippen molar-refractivity contribution >= 4 is 0 Å². The topological polar surface area (TPSA) is 6.48 Å². The molecule has 1 saturated heterocycles. The van der Waals surface area contributed by atoms with Crippen molar-refractivity contribution in [3.8, 4) is 0 Å². The molecule has 0 unspecified atom stereocenters. The van der Waals surface area contributed by atoms with Crippen LogP contribution in [0.5, 0.6) is 0 Å². The van der Waals surface area contributed by atoms with Gasteiger partial charge < -0.3 is 0 Å². The molecule has 0 aromatic heterocycles. The maximum Gasteiger partial charge on any atom is 0.147 e. The summed E-state index contributed by atoms with van der Waals surface area (Å²) in [5.74, 6) is 0. The molecule has 1 aliphatic heterocycles. The smallest absolute Gasteiger partial charge is 0.147 e. The Bertz CT molecular complexity index is 545. The van der Waals surface area contributed by atoms with Gasteiger partial charge in [0.2, 0.25) is 0 Å². The molecule has 0 aliphatic carbocycles. The van der Waals surface area contributed by atoms with E-state index in [2.05, 4.69) is 78.8 Å². The molecule has 23 heavy (non-hydrogen) atoms. The average molecular weight is 306 g/mol. The van der Waals surface area contributed by atoms with E-state index in [-0.39, 0.29) is 0 Å². The summed E-state index contributed by atoms with van der Waals surface area (Å²) in [6.07, 6.45) is 2.21. The van der Waals surface area contributed by atoms with Crippen LogP contribution in [0, 0.1) is 6.67 Å². The van der Waals surface area contributed by atoms with Crippen molar-refractivity contribution in [2.24, 2.45) is 0 Å². The maximum atomic E-state index is 3.51. The van der Waals surface area contributed by atoms with Crippen LogP contribution < -0.4 is 0 Å². The first-order chi connectivity index (χ1) is 11.3. The molecule has 1 fully saturated rings. The fraction of sp³-hybridized carbons (Fsp3) is 0.381. The van der Waals surface area contributed by atoms with E-state index in [1.165, 1.54) is 22.3 Å². The third kappa shape index (κ3) is 4.43. The number of hydrogen-bond acceptors (Lipinski definition) is 2. The van der Waals surface area contributed by atoms with Gasteiger partial charge in [0.1, 0.15) is 6.67 Å². The Labute approximate surface area is 140 Å². The second kappa shape index (κ2) is 7.76. The molecule has 1 aliphatic rings. The Hall–Kier alpha value is -1.64. The molecule has 0 bridgehead atoms. The first-order valence-corrected chi connectivity index (χ1v) is 8.68. The van der Waals surface area contributed by atoms with Crippen LogP contribution in [-0.4, -0.2) is 22.9 Å². The SMILES string of the molecule is CCc1ccc(CN2[C]N(Cc3ccc(CC)cc3)CC2)cc1. The molecule has 1 heterocycles. The third-order valence-electron chi connectivity index (χ3n) is 4.53. The highest BCUT2D eigenvalue weighted by Gasteiger charge is 2.21. The van der Waals surface area contributed by atoms with Gasteiger partial charge >= 0.3 is 0 Å². The van der Waals surface area contributed by atoms with Gasteiger partial charge in [-0.2, -0.15) is 0 Å². The zero-order valence-electron chi connectivity index (χ0n) is 14.3. The van der Waals surface area contributed by atoms with Crippen molar-refractivity contribution in [3.63, 3.8) is 0 Å². The van der Waals surface area contributed by atoms with E-state index >= 15 is 0 Å². The van der Waals surface area contributed by atoms with E-state index in [1.54, 1.807) is 0 Å².